The van der Waals surface area contributed by atoms with Gasteiger partial charge in [-0.05, 0) is 46.1 Å². The summed E-state index contributed by atoms with van der Waals surface area (Å²) < 4.78 is 0. The molecule has 1 aliphatic rings. The number of nitrogens with two attached hydrogens (primary N) is 1. The molecule has 1 saturated heterocycles. The average molecular weight is 340 g/mol. The van der Waals surface area contributed by atoms with Crippen LogP contribution in [0, 0.1) is 13.8 Å². The molecule has 1 aromatic heterocycles. The van der Waals surface area contributed by atoms with Gasteiger partial charge in [0.1, 0.15) is 4.88 Å². The lowest BCUT2D eigenvalue weighted by Crippen LogP contribution is -2.44. The van der Waals surface area contributed by atoms with Crippen molar-refractivity contribution in [2.75, 3.05) is 13.1 Å². The van der Waals surface area contributed by atoms with Gasteiger partial charge in [-0.25, -0.2) is 4.98 Å². The summed E-state index contributed by atoms with van der Waals surface area (Å²) in [6, 6.07) is 0.318. The highest BCUT2D eigenvalue weighted by molar-refractivity contribution is 7.13. The number of piperidine rings is 1. The van der Waals surface area contributed by atoms with Gasteiger partial charge in [-0.3, -0.25) is 4.79 Å². The summed E-state index contributed by atoms with van der Waals surface area (Å²) in [5, 5.41) is 0.961. The standard InChI is InChI=1S/C13H21N3OS.2ClH/c1-9-12(18-10(2)15-9)13(17)16-8-4-3-5-11(16)6-7-14;;/h11H,3-8,14H2,1-2H3;2*1H. The Balaban J connectivity index is 0.00000180. The fourth-order valence-electron chi connectivity index (χ4n) is 2.62. The van der Waals surface area contributed by atoms with Crippen molar-refractivity contribution in [3.8, 4) is 0 Å². The van der Waals surface area contributed by atoms with E-state index in [4.69, 9.17) is 5.73 Å². The third-order valence-corrected chi connectivity index (χ3v) is 4.55. The number of thiazole rings is 1. The molecule has 0 radical (unpaired) electrons. The molecule has 0 saturated carbocycles. The van der Waals surface area contributed by atoms with Crippen LogP contribution in [0.2, 0.25) is 0 Å². The molecule has 1 fully saturated rings. The monoisotopic (exact) mass is 339 g/mol. The van der Waals surface area contributed by atoms with Gasteiger partial charge in [-0.1, -0.05) is 0 Å². The van der Waals surface area contributed by atoms with Gasteiger partial charge in [0.15, 0.2) is 0 Å². The van der Waals surface area contributed by atoms with E-state index in [1.54, 1.807) is 0 Å². The molecular weight excluding hydrogens is 317 g/mol. The zero-order valence-electron chi connectivity index (χ0n) is 11.9. The van der Waals surface area contributed by atoms with Gasteiger partial charge in [-0.15, -0.1) is 36.2 Å². The molecule has 1 atom stereocenters. The molecule has 20 heavy (non-hydrogen) atoms. The summed E-state index contributed by atoms with van der Waals surface area (Å²) in [5.41, 5.74) is 6.51. The molecule has 2 rings (SSSR count). The maximum Gasteiger partial charge on any atom is 0.266 e. The molecular formula is C13H23Cl2N3OS. The minimum absolute atomic E-state index is 0. The first-order chi connectivity index (χ1) is 8.63. The molecule has 1 aliphatic heterocycles. The second kappa shape index (κ2) is 8.82. The van der Waals surface area contributed by atoms with Crippen molar-refractivity contribution in [1.82, 2.24) is 9.88 Å². The number of amides is 1. The first-order valence-electron chi connectivity index (χ1n) is 6.58. The Hall–Kier alpha value is -0.360. The van der Waals surface area contributed by atoms with Crippen LogP contribution < -0.4 is 5.73 Å². The lowest BCUT2D eigenvalue weighted by Gasteiger charge is -2.35. The Bertz CT molecular complexity index is 437. The summed E-state index contributed by atoms with van der Waals surface area (Å²) in [7, 11) is 0. The highest BCUT2D eigenvalue weighted by Gasteiger charge is 2.28. The van der Waals surface area contributed by atoms with E-state index in [2.05, 4.69) is 4.98 Å². The molecule has 1 unspecified atom stereocenters. The minimum Gasteiger partial charge on any atom is -0.335 e. The number of rotatable bonds is 3. The fraction of sp³-hybridized carbons (Fsp3) is 0.692. The Morgan fingerprint density at radius 1 is 1.40 bits per heavy atom. The SMILES string of the molecule is Cc1nc(C)c(C(=O)N2CCCCC2CCN)s1.Cl.Cl. The van der Waals surface area contributed by atoms with Gasteiger partial charge in [-0.2, -0.15) is 0 Å². The van der Waals surface area contributed by atoms with Gasteiger partial charge in [0, 0.05) is 12.6 Å². The predicted octanol–water partition coefficient (Wildman–Crippen LogP) is 2.95. The number of likely N-dealkylation sites (tertiary alicyclic amines) is 1. The van der Waals surface area contributed by atoms with Crippen molar-refractivity contribution in [3.63, 3.8) is 0 Å². The van der Waals surface area contributed by atoms with E-state index in [1.165, 1.54) is 17.8 Å². The van der Waals surface area contributed by atoms with Gasteiger partial charge >= 0.3 is 0 Å². The molecule has 0 bridgehead atoms. The summed E-state index contributed by atoms with van der Waals surface area (Å²) in [6.07, 6.45) is 4.29. The molecule has 2 heterocycles. The van der Waals surface area contributed by atoms with E-state index in [9.17, 15) is 4.79 Å². The molecule has 2 N–H and O–H groups in total. The third-order valence-electron chi connectivity index (χ3n) is 3.49. The average Bonchev–Trinajstić information content (AvgIpc) is 2.69. The van der Waals surface area contributed by atoms with Gasteiger partial charge in [0.25, 0.3) is 5.91 Å². The van der Waals surface area contributed by atoms with Gasteiger partial charge < -0.3 is 10.6 Å². The topological polar surface area (TPSA) is 59.2 Å². The van der Waals surface area contributed by atoms with Crippen molar-refractivity contribution < 1.29 is 4.79 Å². The Morgan fingerprint density at radius 3 is 2.65 bits per heavy atom. The summed E-state index contributed by atoms with van der Waals surface area (Å²) in [4.78, 5) is 19.7. The summed E-state index contributed by atoms with van der Waals surface area (Å²) in [5.74, 6) is 0.149. The molecule has 0 aromatic carbocycles. The number of carbonyl (C=O) groups is 1. The molecule has 4 nitrogen and oxygen atoms in total. The van der Waals surface area contributed by atoms with Crippen LogP contribution in [0.15, 0.2) is 0 Å². The maximum atomic E-state index is 12.6. The molecule has 0 aliphatic carbocycles. The summed E-state index contributed by atoms with van der Waals surface area (Å²) in [6.45, 7) is 5.37. The summed E-state index contributed by atoms with van der Waals surface area (Å²) >= 11 is 1.50. The highest BCUT2D eigenvalue weighted by Crippen LogP contribution is 2.25. The van der Waals surface area contributed by atoms with Crippen molar-refractivity contribution in [1.29, 1.82) is 0 Å². The van der Waals surface area contributed by atoms with Crippen molar-refractivity contribution >= 4 is 42.1 Å². The second-order valence-electron chi connectivity index (χ2n) is 4.87. The number of hydrogen-bond acceptors (Lipinski definition) is 4. The van der Waals surface area contributed by atoms with Crippen LogP contribution in [0.1, 0.15) is 46.1 Å². The van der Waals surface area contributed by atoms with Crippen molar-refractivity contribution in [3.05, 3.63) is 15.6 Å². The van der Waals surface area contributed by atoms with E-state index in [-0.39, 0.29) is 30.7 Å². The molecule has 1 aromatic rings. The second-order valence-corrected chi connectivity index (χ2v) is 6.08. The van der Waals surface area contributed by atoms with E-state index in [0.717, 1.165) is 41.4 Å². The molecule has 116 valence electrons. The Kier molecular flexibility index (Phi) is 8.66. The first kappa shape index (κ1) is 19.6. The highest BCUT2D eigenvalue weighted by atomic mass is 35.5. The quantitative estimate of drug-likeness (QED) is 0.920. The fourth-order valence-corrected chi connectivity index (χ4v) is 3.50. The zero-order valence-corrected chi connectivity index (χ0v) is 14.4. The minimum atomic E-state index is 0. The number of aromatic nitrogens is 1. The van der Waals surface area contributed by atoms with E-state index < -0.39 is 0 Å². The van der Waals surface area contributed by atoms with E-state index in [0.29, 0.717) is 12.6 Å². The van der Waals surface area contributed by atoms with Crippen LogP contribution in [-0.4, -0.2) is 34.9 Å². The maximum absolute atomic E-state index is 12.6. The van der Waals surface area contributed by atoms with E-state index >= 15 is 0 Å². The molecule has 0 spiro atoms. The van der Waals surface area contributed by atoms with Gasteiger partial charge in [0.2, 0.25) is 0 Å². The molecule has 7 heteroatoms. The first-order valence-corrected chi connectivity index (χ1v) is 7.40. The van der Waals surface area contributed by atoms with Crippen LogP contribution in [0.3, 0.4) is 0 Å². The third kappa shape index (κ3) is 4.32. The lowest BCUT2D eigenvalue weighted by atomic mass is 9.99. The Labute approximate surface area is 137 Å². The largest absolute Gasteiger partial charge is 0.335 e. The lowest BCUT2D eigenvalue weighted by molar-refractivity contribution is 0.0609. The normalized spacial score (nSPS) is 18.1. The smallest absolute Gasteiger partial charge is 0.266 e. The molecule has 1 amide bonds. The van der Waals surface area contributed by atoms with Crippen molar-refractivity contribution in [2.45, 2.75) is 45.6 Å². The number of nitrogens with zero attached hydrogens (tertiary/aromatic N) is 2. The van der Waals surface area contributed by atoms with Crippen LogP contribution in [0.5, 0.6) is 0 Å². The number of hydrogen-bond donors (Lipinski definition) is 1. The predicted molar refractivity (Wildman–Crippen MR) is 88.4 cm³/mol. The zero-order chi connectivity index (χ0) is 13.1. The number of halogens is 2. The number of aryl methyl sites for hydroxylation is 2. The van der Waals surface area contributed by atoms with Gasteiger partial charge in [0.05, 0.1) is 10.7 Å². The van der Waals surface area contributed by atoms with Crippen LogP contribution in [0.4, 0.5) is 0 Å². The van der Waals surface area contributed by atoms with Crippen LogP contribution in [0.25, 0.3) is 0 Å². The van der Waals surface area contributed by atoms with E-state index in [1.807, 2.05) is 18.7 Å². The van der Waals surface area contributed by atoms with Crippen molar-refractivity contribution in [2.24, 2.45) is 5.73 Å². The van der Waals surface area contributed by atoms with Crippen LogP contribution in [-0.2, 0) is 0 Å². The number of carbonyl (C=O) groups excluding carboxylic acids is 1. The Morgan fingerprint density at radius 2 is 2.10 bits per heavy atom. The van der Waals surface area contributed by atoms with Crippen LogP contribution >= 0.6 is 36.2 Å².